The summed E-state index contributed by atoms with van der Waals surface area (Å²) in [6, 6.07) is 1.55. The van der Waals surface area contributed by atoms with Crippen LogP contribution in [0.1, 0.15) is 65.7 Å². The highest BCUT2D eigenvalue weighted by atomic mass is 32.1. The van der Waals surface area contributed by atoms with Gasteiger partial charge >= 0.3 is 12.1 Å². The van der Waals surface area contributed by atoms with E-state index in [4.69, 9.17) is 9.47 Å². The lowest BCUT2D eigenvalue weighted by molar-refractivity contribution is -0.125. The number of anilines is 1. The number of hydrazine groups is 1. The quantitative estimate of drug-likeness (QED) is 0.148. The first-order chi connectivity index (χ1) is 23.6. The van der Waals surface area contributed by atoms with Crippen LogP contribution in [0, 0.1) is 11.9 Å². The molecule has 17 heteroatoms. The fourth-order valence-electron chi connectivity index (χ4n) is 4.55. The number of alkyl carbamates (subject to hydrolysis) is 1. The van der Waals surface area contributed by atoms with Gasteiger partial charge in [0.25, 0.3) is 11.8 Å². The van der Waals surface area contributed by atoms with Gasteiger partial charge in [0.05, 0.1) is 5.56 Å². The van der Waals surface area contributed by atoms with E-state index in [-0.39, 0.29) is 34.8 Å². The third-order valence-corrected chi connectivity index (χ3v) is 7.90. The van der Waals surface area contributed by atoms with Crippen LogP contribution in [0.25, 0.3) is 21.7 Å². The van der Waals surface area contributed by atoms with Crippen molar-refractivity contribution in [3.63, 3.8) is 0 Å². The number of nitrogens with zero attached hydrogens (tertiary/aromatic N) is 4. The standard InChI is InChI=1S/C33H46FN9O6S/c1-9-35-31(46)39-25-15-22(30-38-24(34)18-50-30)23(17-36-25)21-14-20(16-37-29(21)48-13-12-43(10-2)11-3)27(44)41-42-28(45)26(19(4)5)40-32(47)49-33(6,7)8/h14-19,26H,9-13H2,1-8H3,(H,40,47)(H,41,44)(H,42,45)(H2,35,36,39,46). The molecule has 0 radical (unpaired) electrons. The second kappa shape index (κ2) is 18.2. The summed E-state index contributed by atoms with van der Waals surface area (Å²) in [5, 5.41) is 9.32. The molecule has 3 heterocycles. The molecule has 0 aliphatic heterocycles. The maximum absolute atomic E-state index is 14.2. The fraction of sp³-hybridized carbons (Fsp3) is 0.485. The van der Waals surface area contributed by atoms with Gasteiger partial charge in [0.2, 0.25) is 11.8 Å². The first kappa shape index (κ1) is 39.5. The summed E-state index contributed by atoms with van der Waals surface area (Å²) in [7, 11) is 0. The summed E-state index contributed by atoms with van der Waals surface area (Å²) in [6.45, 7) is 17.3. The van der Waals surface area contributed by atoms with Crippen molar-refractivity contribution in [1.82, 2.24) is 41.3 Å². The average molecular weight is 716 g/mol. The highest BCUT2D eigenvalue weighted by molar-refractivity contribution is 7.13. The van der Waals surface area contributed by atoms with E-state index >= 15 is 0 Å². The van der Waals surface area contributed by atoms with Gasteiger partial charge in [-0.15, -0.1) is 11.3 Å². The minimum absolute atomic E-state index is 0.0402. The van der Waals surface area contributed by atoms with E-state index < -0.39 is 41.5 Å². The average Bonchev–Trinajstić information content (AvgIpc) is 3.49. The van der Waals surface area contributed by atoms with Gasteiger partial charge in [0, 0.05) is 47.6 Å². The molecule has 0 fully saturated rings. The molecule has 1 atom stereocenters. The molecule has 5 amide bonds. The van der Waals surface area contributed by atoms with Crippen LogP contribution in [0.4, 0.5) is 19.8 Å². The second-order valence-corrected chi connectivity index (χ2v) is 13.2. The van der Waals surface area contributed by atoms with Crippen LogP contribution < -0.4 is 31.5 Å². The van der Waals surface area contributed by atoms with Gasteiger partial charge in [0.15, 0.2) is 0 Å². The zero-order valence-electron chi connectivity index (χ0n) is 29.6. The molecular weight excluding hydrogens is 669 g/mol. The molecule has 3 rings (SSSR count). The summed E-state index contributed by atoms with van der Waals surface area (Å²) in [5.41, 5.74) is 5.12. The van der Waals surface area contributed by atoms with Gasteiger partial charge in [-0.2, -0.15) is 4.39 Å². The van der Waals surface area contributed by atoms with E-state index in [1.807, 2.05) is 13.8 Å². The van der Waals surface area contributed by atoms with Gasteiger partial charge in [-0.3, -0.25) is 25.8 Å². The van der Waals surface area contributed by atoms with Crippen molar-refractivity contribution in [2.75, 3.05) is 38.1 Å². The Labute approximate surface area is 295 Å². The van der Waals surface area contributed by atoms with E-state index in [9.17, 15) is 23.6 Å². The molecule has 50 heavy (non-hydrogen) atoms. The number of hydrogen-bond acceptors (Lipinski definition) is 11. The zero-order valence-corrected chi connectivity index (χ0v) is 30.4. The topological polar surface area (TPSA) is 189 Å². The molecule has 3 aromatic rings. The smallest absolute Gasteiger partial charge is 0.408 e. The number of nitrogens with one attached hydrogen (secondary N) is 5. The zero-order chi connectivity index (χ0) is 37.0. The van der Waals surface area contributed by atoms with Crippen LogP contribution in [0.5, 0.6) is 5.88 Å². The van der Waals surface area contributed by atoms with Crippen molar-refractivity contribution < 1.29 is 33.0 Å². The van der Waals surface area contributed by atoms with Crippen molar-refractivity contribution >= 4 is 41.1 Å². The van der Waals surface area contributed by atoms with Crippen molar-refractivity contribution in [2.45, 2.75) is 67.0 Å². The minimum Gasteiger partial charge on any atom is -0.476 e. The van der Waals surface area contributed by atoms with E-state index in [1.54, 1.807) is 47.6 Å². The molecule has 0 aromatic carbocycles. The van der Waals surface area contributed by atoms with Gasteiger partial charge in [0.1, 0.15) is 29.1 Å². The van der Waals surface area contributed by atoms with Crippen molar-refractivity contribution in [3.05, 3.63) is 41.4 Å². The summed E-state index contributed by atoms with van der Waals surface area (Å²) < 4.78 is 25.5. The highest BCUT2D eigenvalue weighted by Crippen LogP contribution is 2.38. The first-order valence-electron chi connectivity index (χ1n) is 16.3. The van der Waals surface area contributed by atoms with Gasteiger partial charge in [-0.25, -0.2) is 24.5 Å². The van der Waals surface area contributed by atoms with Gasteiger partial charge in [-0.1, -0.05) is 27.7 Å². The Bertz CT molecular complexity index is 1640. The maximum Gasteiger partial charge on any atom is 0.408 e. The summed E-state index contributed by atoms with van der Waals surface area (Å²) in [6.07, 6.45) is 1.96. The monoisotopic (exact) mass is 715 g/mol. The number of urea groups is 1. The SMILES string of the molecule is CCNC(=O)Nc1cc(-c2nc(F)cs2)c(-c2cc(C(=O)NNC(=O)C(NC(=O)OC(C)(C)C)C(C)C)cnc2OCCN(CC)CC)cn1. The number of aromatic nitrogens is 3. The molecule has 0 aliphatic rings. The molecular formula is C33H46FN9O6S. The second-order valence-electron chi connectivity index (χ2n) is 12.3. The maximum atomic E-state index is 14.2. The lowest BCUT2D eigenvalue weighted by atomic mass is 10.0. The van der Waals surface area contributed by atoms with Crippen LogP contribution in [0.3, 0.4) is 0 Å². The van der Waals surface area contributed by atoms with Crippen LogP contribution in [-0.2, 0) is 9.53 Å². The normalized spacial score (nSPS) is 11.9. The molecule has 0 saturated carbocycles. The number of halogens is 1. The number of hydrogen-bond donors (Lipinski definition) is 5. The molecule has 0 aliphatic carbocycles. The Hall–Kier alpha value is -4.90. The van der Waals surface area contributed by atoms with E-state index in [2.05, 4.69) is 46.7 Å². The number of amides is 5. The van der Waals surface area contributed by atoms with E-state index in [1.165, 1.54) is 23.8 Å². The lowest BCUT2D eigenvalue weighted by Gasteiger charge is -2.25. The van der Waals surface area contributed by atoms with E-state index in [0.717, 1.165) is 24.4 Å². The van der Waals surface area contributed by atoms with E-state index in [0.29, 0.717) is 29.8 Å². The number of rotatable bonds is 14. The molecule has 272 valence electrons. The summed E-state index contributed by atoms with van der Waals surface area (Å²) in [5.74, 6) is -2.07. The molecule has 3 aromatic heterocycles. The van der Waals surface area contributed by atoms with Crippen LogP contribution in [0.15, 0.2) is 29.9 Å². The number of thiazole rings is 1. The van der Waals surface area contributed by atoms with Crippen molar-refractivity contribution in [1.29, 1.82) is 0 Å². The summed E-state index contributed by atoms with van der Waals surface area (Å²) >= 11 is 1.04. The lowest BCUT2D eigenvalue weighted by Crippen LogP contribution is -2.55. The number of carbonyl (C=O) groups is 4. The number of likely N-dealkylation sites (N-methyl/N-ethyl adjacent to an activating group) is 1. The Morgan fingerprint density at radius 1 is 0.980 bits per heavy atom. The molecule has 0 bridgehead atoms. The third-order valence-electron chi connectivity index (χ3n) is 7.05. The predicted molar refractivity (Wildman–Crippen MR) is 188 cm³/mol. The van der Waals surface area contributed by atoms with Gasteiger partial charge in [-0.05, 0) is 58.8 Å². The Balaban J connectivity index is 1.98. The number of ether oxygens (including phenoxy) is 2. The first-order valence-corrected chi connectivity index (χ1v) is 17.1. The number of carbonyl (C=O) groups excluding carboxylic acids is 4. The largest absolute Gasteiger partial charge is 0.476 e. The predicted octanol–water partition coefficient (Wildman–Crippen LogP) is 4.58. The Morgan fingerprint density at radius 3 is 2.30 bits per heavy atom. The van der Waals surface area contributed by atoms with Crippen molar-refractivity contribution in [3.8, 4) is 27.6 Å². The van der Waals surface area contributed by atoms with Crippen LogP contribution >= 0.6 is 11.3 Å². The number of pyridine rings is 2. The molecule has 15 nitrogen and oxygen atoms in total. The fourth-order valence-corrected chi connectivity index (χ4v) is 5.24. The minimum atomic E-state index is -1.01. The van der Waals surface area contributed by atoms with Crippen LogP contribution in [-0.4, -0.2) is 88.2 Å². The Kier molecular flexibility index (Phi) is 14.4. The van der Waals surface area contributed by atoms with Gasteiger partial charge < -0.3 is 25.0 Å². The highest BCUT2D eigenvalue weighted by Gasteiger charge is 2.28. The Morgan fingerprint density at radius 2 is 1.70 bits per heavy atom. The molecule has 1 unspecified atom stereocenters. The molecule has 0 spiro atoms. The molecule has 0 saturated heterocycles. The molecule has 5 N–H and O–H groups in total. The van der Waals surface area contributed by atoms with Crippen LogP contribution in [0.2, 0.25) is 0 Å². The third kappa shape index (κ3) is 11.6. The summed E-state index contributed by atoms with van der Waals surface area (Å²) in [4.78, 5) is 66.0. The van der Waals surface area contributed by atoms with Crippen molar-refractivity contribution in [2.24, 2.45) is 5.92 Å².